The number of aromatic carboxylic acids is 1. The average molecular weight is 307 g/mol. The van der Waals surface area contributed by atoms with Gasteiger partial charge in [0.2, 0.25) is 0 Å². The van der Waals surface area contributed by atoms with Gasteiger partial charge in [-0.25, -0.2) is 4.79 Å². The highest BCUT2D eigenvalue weighted by molar-refractivity contribution is 14.1. The van der Waals surface area contributed by atoms with E-state index in [0.717, 1.165) is 0 Å². The highest BCUT2D eigenvalue weighted by Gasteiger charge is 2.19. The molecular formula is C8H6INO4. The average Bonchev–Trinajstić information content (AvgIpc) is 2.07. The van der Waals surface area contributed by atoms with Gasteiger partial charge in [0, 0.05) is 6.07 Å². The van der Waals surface area contributed by atoms with Crippen LogP contribution in [0, 0.1) is 20.6 Å². The van der Waals surface area contributed by atoms with Crippen molar-refractivity contribution in [1.29, 1.82) is 0 Å². The van der Waals surface area contributed by atoms with Crippen LogP contribution in [0.5, 0.6) is 0 Å². The molecule has 0 unspecified atom stereocenters. The molecule has 0 spiro atoms. The number of hydrogen-bond acceptors (Lipinski definition) is 3. The number of carboxylic acid groups (broad SMARTS) is 1. The Labute approximate surface area is 93.0 Å². The van der Waals surface area contributed by atoms with Gasteiger partial charge in [0.05, 0.1) is 10.5 Å². The summed E-state index contributed by atoms with van der Waals surface area (Å²) in [5.41, 5.74) is 0.370. The third-order valence-corrected chi connectivity index (χ3v) is 2.76. The Hall–Kier alpha value is -1.18. The molecule has 0 amide bonds. The molecule has 74 valence electrons. The van der Waals surface area contributed by atoms with Crippen LogP contribution in [0.1, 0.15) is 15.9 Å². The molecule has 0 saturated heterocycles. The van der Waals surface area contributed by atoms with Crippen LogP contribution >= 0.6 is 22.6 Å². The van der Waals surface area contributed by atoms with Crippen LogP contribution in [0.15, 0.2) is 12.1 Å². The summed E-state index contributed by atoms with van der Waals surface area (Å²) in [6, 6.07) is 2.77. The van der Waals surface area contributed by atoms with E-state index < -0.39 is 10.9 Å². The third-order valence-electron chi connectivity index (χ3n) is 1.62. The van der Waals surface area contributed by atoms with Crippen molar-refractivity contribution in [3.8, 4) is 0 Å². The van der Waals surface area contributed by atoms with E-state index in [9.17, 15) is 14.9 Å². The maximum atomic E-state index is 10.7. The lowest BCUT2D eigenvalue weighted by molar-refractivity contribution is -0.385. The van der Waals surface area contributed by atoms with Crippen molar-refractivity contribution in [2.45, 2.75) is 6.92 Å². The van der Waals surface area contributed by atoms with Crippen LogP contribution in [0.2, 0.25) is 0 Å². The van der Waals surface area contributed by atoms with Gasteiger partial charge in [0.1, 0.15) is 3.57 Å². The summed E-state index contributed by atoms with van der Waals surface area (Å²) in [7, 11) is 0. The normalized spacial score (nSPS) is 9.86. The van der Waals surface area contributed by atoms with Crippen LogP contribution in [-0.4, -0.2) is 16.0 Å². The van der Waals surface area contributed by atoms with Crippen LogP contribution in [0.3, 0.4) is 0 Å². The highest BCUT2D eigenvalue weighted by Crippen LogP contribution is 2.26. The van der Waals surface area contributed by atoms with E-state index in [2.05, 4.69) is 0 Å². The molecule has 0 aliphatic carbocycles. The van der Waals surface area contributed by atoms with Gasteiger partial charge in [-0.1, -0.05) is 0 Å². The third kappa shape index (κ3) is 2.00. The Bertz CT molecular complexity index is 381. The van der Waals surface area contributed by atoms with Gasteiger partial charge in [-0.05, 0) is 41.1 Å². The summed E-state index contributed by atoms with van der Waals surface area (Å²) < 4.78 is 0.158. The number of nitro groups is 1. The number of nitro benzene ring substituents is 1. The maximum absolute atomic E-state index is 10.7. The Balaban J connectivity index is 3.47. The minimum atomic E-state index is -1.15. The first-order valence-corrected chi connectivity index (χ1v) is 4.69. The lowest BCUT2D eigenvalue weighted by atomic mass is 10.1. The molecule has 1 aromatic rings. The molecule has 0 bridgehead atoms. The molecule has 0 fully saturated rings. The molecule has 1 aromatic carbocycles. The van der Waals surface area contributed by atoms with E-state index in [1.54, 1.807) is 29.5 Å². The number of carbonyl (C=O) groups is 1. The Kier molecular flexibility index (Phi) is 3.04. The molecule has 0 saturated carbocycles. The fourth-order valence-electron chi connectivity index (χ4n) is 1.04. The predicted molar refractivity (Wildman–Crippen MR) is 57.5 cm³/mol. The summed E-state index contributed by atoms with van der Waals surface area (Å²) in [4.78, 5) is 20.7. The number of aryl methyl sites for hydroxylation is 1. The largest absolute Gasteiger partial charge is 0.478 e. The standard InChI is InChI=1S/C8H6INO4/c1-4-2-5(8(11)12)7(9)6(3-4)10(13)14/h2-3H,1H3,(H,11,12). The molecule has 0 aliphatic heterocycles. The zero-order valence-electron chi connectivity index (χ0n) is 7.15. The van der Waals surface area contributed by atoms with Gasteiger partial charge in [-0.2, -0.15) is 0 Å². The number of halogens is 1. The van der Waals surface area contributed by atoms with E-state index in [1.165, 1.54) is 12.1 Å². The fourth-order valence-corrected chi connectivity index (χ4v) is 1.78. The number of benzene rings is 1. The van der Waals surface area contributed by atoms with E-state index in [-0.39, 0.29) is 14.8 Å². The van der Waals surface area contributed by atoms with Gasteiger partial charge in [0.25, 0.3) is 5.69 Å². The molecule has 0 heterocycles. The molecule has 0 aliphatic rings. The van der Waals surface area contributed by atoms with Crippen molar-refractivity contribution in [2.75, 3.05) is 0 Å². The van der Waals surface area contributed by atoms with Gasteiger partial charge in [-0.15, -0.1) is 0 Å². The van der Waals surface area contributed by atoms with Crippen molar-refractivity contribution in [3.63, 3.8) is 0 Å². The van der Waals surface area contributed by atoms with E-state index in [1.807, 2.05) is 0 Å². The zero-order chi connectivity index (χ0) is 10.9. The zero-order valence-corrected chi connectivity index (χ0v) is 9.31. The molecule has 5 nitrogen and oxygen atoms in total. The molecule has 1 N–H and O–H groups in total. The Morgan fingerprint density at radius 3 is 2.57 bits per heavy atom. The summed E-state index contributed by atoms with van der Waals surface area (Å²) in [5, 5.41) is 19.3. The molecule has 14 heavy (non-hydrogen) atoms. The van der Waals surface area contributed by atoms with Crippen molar-refractivity contribution >= 4 is 34.2 Å². The first-order chi connectivity index (χ1) is 6.43. The van der Waals surface area contributed by atoms with Crippen molar-refractivity contribution < 1.29 is 14.8 Å². The highest BCUT2D eigenvalue weighted by atomic mass is 127. The maximum Gasteiger partial charge on any atom is 0.337 e. The van der Waals surface area contributed by atoms with Crippen molar-refractivity contribution in [3.05, 3.63) is 36.9 Å². The first kappa shape index (κ1) is 10.9. The summed E-state index contributed by atoms with van der Waals surface area (Å²) in [6.07, 6.45) is 0. The summed E-state index contributed by atoms with van der Waals surface area (Å²) in [5.74, 6) is -1.15. The Morgan fingerprint density at radius 2 is 2.14 bits per heavy atom. The second-order valence-corrected chi connectivity index (χ2v) is 3.79. The minimum absolute atomic E-state index is 0.0303. The monoisotopic (exact) mass is 307 g/mol. The summed E-state index contributed by atoms with van der Waals surface area (Å²) in [6.45, 7) is 1.62. The number of nitrogens with zero attached hydrogens (tertiary/aromatic N) is 1. The SMILES string of the molecule is Cc1cc(C(=O)O)c(I)c([N+](=O)[O-])c1. The lowest BCUT2D eigenvalue weighted by Gasteiger charge is -2.01. The number of rotatable bonds is 2. The fraction of sp³-hybridized carbons (Fsp3) is 0.125. The number of carboxylic acids is 1. The van der Waals surface area contributed by atoms with Gasteiger partial charge in [0.15, 0.2) is 0 Å². The van der Waals surface area contributed by atoms with E-state index in [4.69, 9.17) is 5.11 Å². The molecule has 0 atom stereocenters. The molecule has 0 aromatic heterocycles. The van der Waals surface area contributed by atoms with Gasteiger partial charge < -0.3 is 5.11 Å². The topological polar surface area (TPSA) is 80.4 Å². The number of hydrogen-bond donors (Lipinski definition) is 1. The van der Waals surface area contributed by atoms with Gasteiger partial charge >= 0.3 is 5.97 Å². The minimum Gasteiger partial charge on any atom is -0.478 e. The molecule has 6 heteroatoms. The summed E-state index contributed by atoms with van der Waals surface area (Å²) >= 11 is 1.67. The second-order valence-electron chi connectivity index (χ2n) is 2.71. The lowest BCUT2D eigenvalue weighted by Crippen LogP contribution is -2.03. The van der Waals surface area contributed by atoms with Crippen LogP contribution < -0.4 is 0 Å². The smallest absolute Gasteiger partial charge is 0.337 e. The molecule has 1 rings (SSSR count). The van der Waals surface area contributed by atoms with Crippen molar-refractivity contribution in [1.82, 2.24) is 0 Å². The van der Waals surface area contributed by atoms with Crippen LogP contribution in [0.25, 0.3) is 0 Å². The molecular weight excluding hydrogens is 301 g/mol. The predicted octanol–water partition coefficient (Wildman–Crippen LogP) is 2.21. The van der Waals surface area contributed by atoms with Crippen LogP contribution in [0.4, 0.5) is 5.69 Å². The first-order valence-electron chi connectivity index (χ1n) is 3.61. The quantitative estimate of drug-likeness (QED) is 0.516. The Morgan fingerprint density at radius 1 is 1.57 bits per heavy atom. The second kappa shape index (κ2) is 3.91. The van der Waals surface area contributed by atoms with E-state index in [0.29, 0.717) is 5.56 Å². The van der Waals surface area contributed by atoms with Gasteiger partial charge in [-0.3, -0.25) is 10.1 Å². The van der Waals surface area contributed by atoms with Crippen LogP contribution in [-0.2, 0) is 0 Å². The van der Waals surface area contributed by atoms with Crippen molar-refractivity contribution in [2.24, 2.45) is 0 Å². The van der Waals surface area contributed by atoms with E-state index >= 15 is 0 Å². The molecule has 0 radical (unpaired) electrons.